The van der Waals surface area contributed by atoms with Gasteiger partial charge in [-0.05, 0) is 19.9 Å². The first-order chi connectivity index (χ1) is 5.63. The van der Waals surface area contributed by atoms with Crippen molar-refractivity contribution in [3.63, 3.8) is 0 Å². The zero-order valence-corrected chi connectivity index (χ0v) is 8.90. The highest BCUT2D eigenvalue weighted by Crippen LogP contribution is 2.13. The molecule has 0 saturated carbocycles. The third kappa shape index (κ3) is 3.41. The van der Waals surface area contributed by atoms with Crippen LogP contribution in [0.4, 0.5) is 0 Å². The number of halogens is 1. The van der Waals surface area contributed by atoms with E-state index in [4.69, 9.17) is 5.11 Å². The lowest BCUT2D eigenvalue weighted by molar-refractivity contribution is -0.145. The minimum absolute atomic E-state index is 0.620. The Labute approximate surface area is 79.1 Å². The van der Waals surface area contributed by atoms with Crippen LogP contribution >= 0.6 is 11.6 Å². The molecular formula is C8H18ClNO2. The maximum atomic E-state index is 10.7. The van der Waals surface area contributed by atoms with Crippen LogP contribution in [-0.4, -0.2) is 30.0 Å². The largest absolute Gasteiger partial charge is 0.480 e. The predicted octanol–water partition coefficient (Wildman–Crippen LogP) is 1.70. The first kappa shape index (κ1) is 14.3. The molecule has 4 heteroatoms. The van der Waals surface area contributed by atoms with Crippen LogP contribution in [-0.2, 0) is 4.79 Å². The standard InChI is InChI=1S/C7H15NO2.CH3Cl/c1-4-7(5-2,8-3)6(9)10;1-2/h8H,4-5H2,1-3H3,(H,9,10);1H3. The lowest BCUT2D eigenvalue weighted by Gasteiger charge is -2.25. The van der Waals surface area contributed by atoms with Crippen LogP contribution in [0.15, 0.2) is 0 Å². The van der Waals surface area contributed by atoms with Gasteiger partial charge in [-0.25, -0.2) is 0 Å². The van der Waals surface area contributed by atoms with Crippen LogP contribution in [0.1, 0.15) is 26.7 Å². The van der Waals surface area contributed by atoms with Gasteiger partial charge in [0, 0.05) is 6.38 Å². The lowest BCUT2D eigenvalue weighted by atomic mass is 9.93. The fourth-order valence-corrected chi connectivity index (χ4v) is 1.01. The van der Waals surface area contributed by atoms with Crippen molar-refractivity contribution in [2.45, 2.75) is 32.2 Å². The molecule has 0 atom stereocenters. The van der Waals surface area contributed by atoms with Gasteiger partial charge >= 0.3 is 5.97 Å². The van der Waals surface area contributed by atoms with Gasteiger partial charge in [0.1, 0.15) is 5.54 Å². The number of hydrogen-bond donors (Lipinski definition) is 2. The highest BCUT2D eigenvalue weighted by molar-refractivity contribution is 6.15. The van der Waals surface area contributed by atoms with Crippen LogP contribution in [0.25, 0.3) is 0 Å². The first-order valence-electron chi connectivity index (χ1n) is 3.93. The summed E-state index contributed by atoms with van der Waals surface area (Å²) in [6.45, 7) is 3.74. The van der Waals surface area contributed by atoms with Crippen LogP contribution in [0, 0.1) is 0 Å². The van der Waals surface area contributed by atoms with Gasteiger partial charge in [-0.15, -0.1) is 11.6 Å². The number of likely N-dealkylation sites (N-methyl/N-ethyl adjacent to an activating group) is 1. The topological polar surface area (TPSA) is 49.3 Å². The van der Waals surface area contributed by atoms with E-state index in [0.717, 1.165) is 0 Å². The van der Waals surface area contributed by atoms with Crippen molar-refractivity contribution in [1.29, 1.82) is 0 Å². The highest BCUT2D eigenvalue weighted by Gasteiger charge is 2.32. The third-order valence-corrected chi connectivity index (χ3v) is 2.10. The van der Waals surface area contributed by atoms with E-state index in [0.29, 0.717) is 12.8 Å². The molecular weight excluding hydrogens is 178 g/mol. The summed E-state index contributed by atoms with van der Waals surface area (Å²) in [6, 6.07) is 0. The number of hydrogen-bond acceptors (Lipinski definition) is 2. The summed E-state index contributed by atoms with van der Waals surface area (Å²) in [5, 5.41) is 11.6. The van der Waals surface area contributed by atoms with Crippen LogP contribution in [0.2, 0.25) is 0 Å². The van der Waals surface area contributed by atoms with Gasteiger partial charge in [0.15, 0.2) is 0 Å². The first-order valence-corrected chi connectivity index (χ1v) is 4.68. The van der Waals surface area contributed by atoms with Crippen LogP contribution < -0.4 is 5.32 Å². The molecule has 3 nitrogen and oxygen atoms in total. The van der Waals surface area contributed by atoms with Crippen molar-refractivity contribution in [2.75, 3.05) is 13.4 Å². The SMILES string of the molecule is CCC(CC)(NC)C(=O)O.CCl. The summed E-state index contributed by atoms with van der Waals surface area (Å²) in [5.41, 5.74) is -0.708. The average molecular weight is 196 g/mol. The number of carboxylic acid groups (broad SMARTS) is 1. The van der Waals surface area contributed by atoms with Crippen molar-refractivity contribution >= 4 is 17.6 Å². The Balaban J connectivity index is 0. The Morgan fingerprint density at radius 3 is 1.75 bits per heavy atom. The lowest BCUT2D eigenvalue weighted by Crippen LogP contribution is -2.49. The van der Waals surface area contributed by atoms with E-state index < -0.39 is 11.5 Å². The fourth-order valence-electron chi connectivity index (χ4n) is 1.01. The van der Waals surface area contributed by atoms with E-state index >= 15 is 0 Å². The van der Waals surface area contributed by atoms with Crippen molar-refractivity contribution in [2.24, 2.45) is 0 Å². The Kier molecular flexibility index (Phi) is 8.76. The molecule has 74 valence electrons. The summed E-state index contributed by atoms with van der Waals surface area (Å²) >= 11 is 4.64. The van der Waals surface area contributed by atoms with E-state index in [1.807, 2.05) is 13.8 Å². The van der Waals surface area contributed by atoms with Crippen LogP contribution in [0.5, 0.6) is 0 Å². The summed E-state index contributed by atoms with van der Waals surface area (Å²) in [5.74, 6) is -0.764. The van der Waals surface area contributed by atoms with E-state index in [9.17, 15) is 4.79 Å². The molecule has 2 N–H and O–H groups in total. The van der Waals surface area contributed by atoms with Crippen molar-refractivity contribution in [3.05, 3.63) is 0 Å². The number of alkyl halides is 1. The molecule has 0 heterocycles. The molecule has 0 amide bonds. The molecule has 0 rings (SSSR count). The minimum atomic E-state index is -0.764. The van der Waals surface area contributed by atoms with Crippen molar-refractivity contribution < 1.29 is 9.90 Å². The second-order valence-corrected chi connectivity index (χ2v) is 2.34. The molecule has 0 saturated heterocycles. The van der Waals surface area contributed by atoms with E-state index in [2.05, 4.69) is 16.9 Å². The van der Waals surface area contributed by atoms with Crippen molar-refractivity contribution in [1.82, 2.24) is 5.32 Å². The fraction of sp³-hybridized carbons (Fsp3) is 0.875. The molecule has 12 heavy (non-hydrogen) atoms. The second-order valence-electron chi connectivity index (χ2n) is 2.34. The maximum absolute atomic E-state index is 10.7. The number of aliphatic carboxylic acids is 1. The number of carboxylic acids is 1. The number of nitrogens with one attached hydrogen (secondary N) is 1. The molecule has 0 aliphatic rings. The normalized spacial score (nSPS) is 10.1. The van der Waals surface area contributed by atoms with Crippen molar-refractivity contribution in [3.8, 4) is 0 Å². The molecule has 0 unspecified atom stereocenters. The van der Waals surface area contributed by atoms with Gasteiger partial charge in [-0.1, -0.05) is 13.8 Å². The van der Waals surface area contributed by atoms with Gasteiger partial charge < -0.3 is 10.4 Å². The number of rotatable bonds is 4. The Hall–Kier alpha value is -0.280. The third-order valence-electron chi connectivity index (χ3n) is 2.10. The molecule has 0 fully saturated rings. The Morgan fingerprint density at radius 1 is 1.42 bits per heavy atom. The summed E-state index contributed by atoms with van der Waals surface area (Å²) in [6.07, 6.45) is 2.71. The molecule has 0 radical (unpaired) electrons. The Morgan fingerprint density at radius 2 is 1.75 bits per heavy atom. The van der Waals surface area contributed by atoms with E-state index in [1.165, 1.54) is 6.38 Å². The van der Waals surface area contributed by atoms with E-state index in [1.54, 1.807) is 7.05 Å². The highest BCUT2D eigenvalue weighted by atomic mass is 35.5. The van der Waals surface area contributed by atoms with E-state index in [-0.39, 0.29) is 0 Å². The van der Waals surface area contributed by atoms with Gasteiger partial charge in [0.25, 0.3) is 0 Å². The summed E-state index contributed by atoms with van der Waals surface area (Å²) in [7, 11) is 1.68. The number of carbonyl (C=O) groups is 1. The molecule has 0 bridgehead atoms. The van der Waals surface area contributed by atoms with Gasteiger partial charge in [-0.3, -0.25) is 4.79 Å². The van der Waals surface area contributed by atoms with Gasteiger partial charge in [0.05, 0.1) is 0 Å². The molecule has 0 aliphatic carbocycles. The smallest absolute Gasteiger partial charge is 0.323 e. The minimum Gasteiger partial charge on any atom is -0.480 e. The predicted molar refractivity (Wildman–Crippen MR) is 51.8 cm³/mol. The molecule has 0 spiro atoms. The van der Waals surface area contributed by atoms with Gasteiger partial charge in [0.2, 0.25) is 0 Å². The van der Waals surface area contributed by atoms with Gasteiger partial charge in [-0.2, -0.15) is 0 Å². The monoisotopic (exact) mass is 195 g/mol. The quantitative estimate of drug-likeness (QED) is 0.672. The molecule has 0 aromatic heterocycles. The average Bonchev–Trinajstić information content (AvgIpc) is 2.11. The summed E-state index contributed by atoms with van der Waals surface area (Å²) < 4.78 is 0. The zero-order valence-electron chi connectivity index (χ0n) is 8.15. The molecule has 0 aromatic rings. The zero-order chi connectivity index (χ0) is 10.2. The Bertz CT molecular complexity index is 116. The summed E-state index contributed by atoms with van der Waals surface area (Å²) in [4.78, 5) is 10.7. The maximum Gasteiger partial charge on any atom is 0.323 e. The van der Waals surface area contributed by atoms with Crippen LogP contribution in [0.3, 0.4) is 0 Å². The molecule has 0 aromatic carbocycles. The molecule has 0 aliphatic heterocycles. The second kappa shape index (κ2) is 7.37.